The highest BCUT2D eigenvalue weighted by Gasteiger charge is 2.50. The monoisotopic (exact) mass is 1190 g/mol. The summed E-state index contributed by atoms with van der Waals surface area (Å²) in [6, 6.07) is 0. The fraction of sp³-hybridized carbons (Fsp3) is 0.753. The third kappa shape index (κ3) is 49.6. The summed E-state index contributed by atoms with van der Waals surface area (Å²) in [5.41, 5.74) is 0. The number of esters is 3. The normalized spacial score (nSPS) is 18.0. The van der Waals surface area contributed by atoms with E-state index >= 15 is 0 Å². The lowest BCUT2D eigenvalue weighted by Gasteiger charge is -2.40. The minimum Gasteiger partial charge on any atom is -0.479 e. The van der Waals surface area contributed by atoms with Crippen LogP contribution in [0.5, 0.6) is 0 Å². The molecule has 1 fully saturated rings. The molecule has 1 rings (SSSR count). The summed E-state index contributed by atoms with van der Waals surface area (Å²) in [6.07, 6.45) is 66.8. The van der Waals surface area contributed by atoms with Crippen molar-refractivity contribution in [2.45, 2.75) is 340 Å². The number of aliphatic hydroxyl groups is 2. The molecule has 0 aromatic rings. The van der Waals surface area contributed by atoms with Crippen LogP contribution in [0.3, 0.4) is 0 Å². The average molecular weight is 1190 g/mol. The predicted octanol–water partition coefficient (Wildman–Crippen LogP) is 19.0. The summed E-state index contributed by atoms with van der Waals surface area (Å²) in [5.74, 6) is -3.13. The molecule has 85 heavy (non-hydrogen) atoms. The Morgan fingerprint density at radius 1 is 0.400 bits per heavy atom. The molecule has 488 valence electrons. The number of unbranched alkanes of at least 4 members (excludes halogenated alkanes) is 31. The Hall–Kier alpha value is -4.10. The van der Waals surface area contributed by atoms with Crippen LogP contribution in [0.1, 0.15) is 303 Å². The number of carbonyl (C=O) groups excluding carboxylic acids is 3. The molecular formula is C73H124O12. The summed E-state index contributed by atoms with van der Waals surface area (Å²) in [6.45, 7) is 5.81. The molecule has 3 N–H and O–H groups in total. The number of aliphatic hydroxyl groups excluding tert-OH is 2. The van der Waals surface area contributed by atoms with Gasteiger partial charge in [0.1, 0.15) is 18.8 Å². The minimum absolute atomic E-state index is 0.0465. The fourth-order valence-corrected chi connectivity index (χ4v) is 10.3. The van der Waals surface area contributed by atoms with E-state index in [2.05, 4.69) is 106 Å². The van der Waals surface area contributed by atoms with Crippen molar-refractivity contribution in [3.05, 3.63) is 85.1 Å². The Kier molecular flexibility index (Phi) is 55.9. The van der Waals surface area contributed by atoms with E-state index in [9.17, 15) is 34.5 Å². The highest BCUT2D eigenvalue weighted by Crippen LogP contribution is 2.27. The number of ether oxygens (including phenoxy) is 5. The number of allylic oxidation sites excluding steroid dienone is 14. The van der Waals surface area contributed by atoms with E-state index in [-0.39, 0.29) is 25.9 Å². The van der Waals surface area contributed by atoms with E-state index < -0.39 is 67.3 Å². The van der Waals surface area contributed by atoms with E-state index in [1.807, 2.05) is 0 Å². The van der Waals surface area contributed by atoms with Crippen LogP contribution >= 0.6 is 0 Å². The van der Waals surface area contributed by atoms with Crippen molar-refractivity contribution < 1.29 is 58.2 Å². The number of rotatable bonds is 59. The zero-order valence-electron chi connectivity index (χ0n) is 54.1. The highest BCUT2D eigenvalue weighted by molar-refractivity contribution is 5.74. The van der Waals surface area contributed by atoms with Crippen molar-refractivity contribution in [2.24, 2.45) is 0 Å². The predicted molar refractivity (Wildman–Crippen MR) is 349 cm³/mol. The van der Waals surface area contributed by atoms with E-state index in [1.165, 1.54) is 96.3 Å². The van der Waals surface area contributed by atoms with Gasteiger partial charge in [0.05, 0.1) is 6.61 Å². The number of hydrogen-bond donors (Lipinski definition) is 3. The third-order valence-corrected chi connectivity index (χ3v) is 15.5. The van der Waals surface area contributed by atoms with Gasteiger partial charge in [-0.05, 0) is 89.9 Å². The van der Waals surface area contributed by atoms with E-state index in [1.54, 1.807) is 0 Å². The van der Waals surface area contributed by atoms with Crippen molar-refractivity contribution in [3.8, 4) is 0 Å². The molecule has 0 saturated carbocycles. The lowest BCUT2D eigenvalue weighted by Crippen LogP contribution is -2.61. The molecule has 0 radical (unpaired) electrons. The second-order valence-corrected chi connectivity index (χ2v) is 23.4. The Morgan fingerprint density at radius 2 is 0.741 bits per heavy atom. The van der Waals surface area contributed by atoms with Gasteiger partial charge in [0.2, 0.25) is 0 Å². The average Bonchev–Trinajstić information content (AvgIpc) is 3.46. The van der Waals surface area contributed by atoms with E-state index in [0.717, 1.165) is 148 Å². The van der Waals surface area contributed by atoms with Crippen LogP contribution in [0.15, 0.2) is 85.1 Å². The number of carboxylic acid groups (broad SMARTS) is 1. The van der Waals surface area contributed by atoms with Crippen molar-refractivity contribution >= 4 is 23.9 Å². The first-order valence-corrected chi connectivity index (χ1v) is 34.6. The Morgan fingerprint density at radius 3 is 1.13 bits per heavy atom. The van der Waals surface area contributed by atoms with Crippen LogP contribution in [0.25, 0.3) is 0 Å². The van der Waals surface area contributed by atoms with Gasteiger partial charge in [-0.3, -0.25) is 14.4 Å². The van der Waals surface area contributed by atoms with Crippen LogP contribution in [0, 0.1) is 0 Å². The molecule has 1 aliphatic rings. The molecule has 0 aromatic carbocycles. The van der Waals surface area contributed by atoms with Crippen molar-refractivity contribution in [1.82, 2.24) is 0 Å². The van der Waals surface area contributed by atoms with E-state index in [0.29, 0.717) is 19.3 Å². The first-order valence-electron chi connectivity index (χ1n) is 34.6. The number of hydrogen-bond acceptors (Lipinski definition) is 11. The molecule has 0 aromatic heterocycles. The summed E-state index contributed by atoms with van der Waals surface area (Å²) in [4.78, 5) is 51.5. The van der Waals surface area contributed by atoms with Crippen molar-refractivity contribution in [1.29, 1.82) is 0 Å². The molecule has 0 amide bonds. The molecule has 1 saturated heterocycles. The number of aliphatic carboxylic acids is 1. The number of carbonyl (C=O) groups is 4. The lowest BCUT2D eigenvalue weighted by molar-refractivity contribution is -0.301. The van der Waals surface area contributed by atoms with Gasteiger partial charge in [-0.2, -0.15) is 0 Å². The van der Waals surface area contributed by atoms with Crippen LogP contribution in [-0.2, 0) is 42.9 Å². The smallest absolute Gasteiger partial charge is 0.335 e. The quantitative estimate of drug-likeness (QED) is 0.0228. The molecule has 6 unspecified atom stereocenters. The topological polar surface area (TPSA) is 175 Å². The Balaban J connectivity index is 2.65. The minimum atomic E-state index is -1.91. The zero-order chi connectivity index (χ0) is 61.7. The second-order valence-electron chi connectivity index (χ2n) is 23.4. The van der Waals surface area contributed by atoms with E-state index in [4.69, 9.17) is 23.7 Å². The summed E-state index contributed by atoms with van der Waals surface area (Å²) in [5, 5.41) is 31.7. The first-order chi connectivity index (χ1) is 41.6. The standard InChI is InChI=1S/C73H124O12/c1-4-7-10-13-16-19-22-25-28-31-33-36-38-41-44-47-50-53-56-59-65(74)81-62-64(83-66(75)60-57-54-51-48-45-42-40-37-34-32-29-26-23-20-17-14-11-8-5-2)63-82-73-71(69(78)68(77)70(85-73)72(79)80)84-67(76)61-58-55-52-49-46-43-39-35-30-27-24-21-18-15-12-9-6-3/h7,9-10,12,16,18-19,21,25,27-28,30,33,36,64,68-71,73,77-78H,4-6,8,11,13-15,17,20,22-24,26,29,31-32,34-35,37-63H2,1-3H3,(H,79,80)/b10-7-,12-9-,19-16-,21-18-,28-25-,30-27-,36-33-. The molecule has 6 atom stereocenters. The van der Waals surface area contributed by atoms with Crippen LogP contribution in [0.4, 0.5) is 0 Å². The van der Waals surface area contributed by atoms with Crippen molar-refractivity contribution in [3.63, 3.8) is 0 Å². The van der Waals surface area contributed by atoms with Gasteiger partial charge < -0.3 is 39.0 Å². The molecule has 12 heteroatoms. The van der Waals surface area contributed by atoms with Crippen LogP contribution in [-0.4, -0.2) is 89.2 Å². The van der Waals surface area contributed by atoms with Gasteiger partial charge in [0.15, 0.2) is 24.6 Å². The Bertz CT molecular complexity index is 1800. The molecule has 0 aliphatic carbocycles. The molecule has 12 nitrogen and oxygen atoms in total. The SMILES string of the molecule is CC/C=C\C/C=C\C/C=C\C/C=C\CCCCCCCCC(=O)OCC(COC1OC(C(=O)O)C(O)C(O)C1OC(=O)CCCCCCCCC/C=C\C/C=C\C/C=C\CC)OC(=O)CCCCCCCCCCCCCCCCCCCCC. The van der Waals surface area contributed by atoms with Crippen LogP contribution in [0.2, 0.25) is 0 Å². The zero-order valence-corrected chi connectivity index (χ0v) is 54.1. The summed E-state index contributed by atoms with van der Waals surface area (Å²) < 4.78 is 28.6. The largest absolute Gasteiger partial charge is 0.479 e. The van der Waals surface area contributed by atoms with Crippen molar-refractivity contribution in [2.75, 3.05) is 13.2 Å². The maximum absolute atomic E-state index is 13.2. The maximum Gasteiger partial charge on any atom is 0.335 e. The lowest BCUT2D eigenvalue weighted by atomic mass is 9.98. The molecule has 0 bridgehead atoms. The third-order valence-electron chi connectivity index (χ3n) is 15.5. The van der Waals surface area contributed by atoms with Gasteiger partial charge in [-0.1, -0.05) is 279 Å². The van der Waals surface area contributed by atoms with Gasteiger partial charge in [0, 0.05) is 19.3 Å². The van der Waals surface area contributed by atoms with Gasteiger partial charge in [-0.25, -0.2) is 4.79 Å². The molecular weight excluding hydrogens is 1070 g/mol. The maximum atomic E-state index is 13.2. The fourth-order valence-electron chi connectivity index (χ4n) is 10.3. The summed E-state index contributed by atoms with van der Waals surface area (Å²) >= 11 is 0. The van der Waals surface area contributed by atoms with Gasteiger partial charge in [-0.15, -0.1) is 0 Å². The first kappa shape index (κ1) is 78.9. The summed E-state index contributed by atoms with van der Waals surface area (Å²) in [7, 11) is 0. The molecule has 1 aliphatic heterocycles. The molecule has 1 heterocycles. The molecule has 0 spiro atoms. The van der Waals surface area contributed by atoms with Crippen LogP contribution < -0.4 is 0 Å². The van der Waals surface area contributed by atoms with Gasteiger partial charge in [0.25, 0.3) is 0 Å². The highest BCUT2D eigenvalue weighted by atomic mass is 16.7. The second kappa shape index (κ2) is 60.2. The number of carboxylic acids is 1. The Labute approximate surface area is 518 Å². The van der Waals surface area contributed by atoms with Gasteiger partial charge >= 0.3 is 23.9 Å².